The summed E-state index contributed by atoms with van der Waals surface area (Å²) in [6.07, 6.45) is 0.815. The number of rotatable bonds is 4. The van der Waals surface area contributed by atoms with E-state index in [0.717, 1.165) is 12.8 Å². The van der Waals surface area contributed by atoms with Crippen LogP contribution in [0.4, 0.5) is 0 Å². The van der Waals surface area contributed by atoms with E-state index < -0.39 is 0 Å². The van der Waals surface area contributed by atoms with Gasteiger partial charge in [-0.1, -0.05) is 0 Å². The van der Waals surface area contributed by atoms with Crippen LogP contribution in [-0.4, -0.2) is 25.9 Å². The third-order valence-electron chi connectivity index (χ3n) is 0.549. The molecule has 0 heterocycles. The van der Waals surface area contributed by atoms with Crippen LogP contribution in [0, 0.1) is 0 Å². The Morgan fingerprint density at radius 2 is 2.25 bits per heavy atom. The molecule has 0 fully saturated rings. The molecule has 0 aliphatic carbocycles. The monoisotopic (exact) mass is 150 g/mol. The van der Waals surface area contributed by atoms with Gasteiger partial charge in [-0.25, -0.2) is 0 Å². The number of aldehydes is 1. The van der Waals surface area contributed by atoms with Crippen molar-refractivity contribution in [1.29, 1.82) is 0 Å². The summed E-state index contributed by atoms with van der Waals surface area (Å²) in [7, 11) is 0. The molecular formula is C4H10N2OTi. The summed E-state index contributed by atoms with van der Waals surface area (Å²) < 4.78 is 0. The van der Waals surface area contributed by atoms with Crippen LogP contribution in [-0.2, 0) is 26.5 Å². The van der Waals surface area contributed by atoms with Crippen LogP contribution in [0.2, 0.25) is 0 Å². The van der Waals surface area contributed by atoms with Gasteiger partial charge in [-0.05, 0) is 0 Å². The maximum absolute atomic E-state index is 9.58. The average Bonchev–Trinajstić information content (AvgIpc) is 1.69. The van der Waals surface area contributed by atoms with Crippen LogP contribution in [0.5, 0.6) is 0 Å². The van der Waals surface area contributed by atoms with E-state index in [1.54, 1.807) is 0 Å². The number of hydrogen-bond acceptors (Lipinski definition) is 3. The molecule has 0 aromatic heterocycles. The van der Waals surface area contributed by atoms with Crippen molar-refractivity contribution < 1.29 is 26.5 Å². The maximum atomic E-state index is 9.58. The molecule has 3 N–H and O–H groups in total. The van der Waals surface area contributed by atoms with Gasteiger partial charge in [0.25, 0.3) is 0 Å². The first kappa shape index (κ1) is 11.1. The summed E-state index contributed by atoms with van der Waals surface area (Å²) in [6.45, 7) is 1.73. The van der Waals surface area contributed by atoms with Crippen LogP contribution in [0.25, 0.3) is 0 Å². The second kappa shape index (κ2) is 10.3. The molecule has 0 rings (SSSR count). The van der Waals surface area contributed by atoms with Gasteiger partial charge in [0, 0.05) is 34.8 Å². The van der Waals surface area contributed by atoms with E-state index in [1.807, 2.05) is 0 Å². The predicted molar refractivity (Wildman–Crippen MR) is 28.0 cm³/mol. The molecule has 0 aromatic rings. The standard InChI is InChI=1S/C4H10N2O.Ti/c5-1-2-6-3-4-7;/h4,6H,1-3,5H2;. The van der Waals surface area contributed by atoms with Gasteiger partial charge < -0.3 is 15.8 Å². The zero-order valence-corrected chi connectivity index (χ0v) is 6.25. The molecular weight excluding hydrogens is 140 g/mol. The summed E-state index contributed by atoms with van der Waals surface area (Å²) in [5, 5.41) is 2.79. The fourth-order valence-electron chi connectivity index (χ4n) is 0.263. The number of carbonyl (C=O) groups is 1. The van der Waals surface area contributed by atoms with E-state index in [-0.39, 0.29) is 21.7 Å². The molecule has 0 bridgehead atoms. The summed E-state index contributed by atoms with van der Waals surface area (Å²) in [4.78, 5) is 9.58. The van der Waals surface area contributed by atoms with E-state index in [4.69, 9.17) is 5.73 Å². The molecule has 0 amide bonds. The summed E-state index contributed by atoms with van der Waals surface area (Å²) in [5.74, 6) is 0. The SMILES string of the molecule is NCCNCC=O.[Ti]. The Labute approximate surface area is 63.9 Å². The first-order valence-electron chi connectivity index (χ1n) is 2.26. The van der Waals surface area contributed by atoms with E-state index in [9.17, 15) is 4.79 Å². The number of nitrogens with two attached hydrogens (primary N) is 1. The van der Waals surface area contributed by atoms with Crippen molar-refractivity contribution in [2.45, 2.75) is 0 Å². The van der Waals surface area contributed by atoms with Gasteiger partial charge in [0.05, 0.1) is 6.54 Å². The summed E-state index contributed by atoms with van der Waals surface area (Å²) >= 11 is 0. The molecule has 0 atom stereocenters. The van der Waals surface area contributed by atoms with Gasteiger partial charge in [0.15, 0.2) is 0 Å². The van der Waals surface area contributed by atoms with Gasteiger partial charge in [-0.3, -0.25) is 0 Å². The topological polar surface area (TPSA) is 55.1 Å². The molecule has 46 valence electrons. The third-order valence-corrected chi connectivity index (χ3v) is 0.549. The molecule has 4 heteroatoms. The molecule has 0 aliphatic heterocycles. The largest absolute Gasteiger partial charge is 0.329 e. The molecule has 8 heavy (non-hydrogen) atoms. The van der Waals surface area contributed by atoms with Gasteiger partial charge >= 0.3 is 0 Å². The van der Waals surface area contributed by atoms with Crippen molar-refractivity contribution in [2.24, 2.45) is 5.73 Å². The Morgan fingerprint density at radius 3 is 2.62 bits per heavy atom. The van der Waals surface area contributed by atoms with Gasteiger partial charge in [-0.2, -0.15) is 0 Å². The Morgan fingerprint density at radius 1 is 1.62 bits per heavy atom. The minimum atomic E-state index is 0. The molecule has 0 spiro atoms. The Bertz CT molecular complexity index is 51.3. The molecule has 0 radical (unpaired) electrons. The van der Waals surface area contributed by atoms with Gasteiger partial charge in [0.1, 0.15) is 6.29 Å². The molecule has 0 aliphatic rings. The second-order valence-electron chi connectivity index (χ2n) is 1.16. The van der Waals surface area contributed by atoms with Gasteiger partial charge in [0.2, 0.25) is 0 Å². The minimum absolute atomic E-state index is 0. The molecule has 0 unspecified atom stereocenters. The van der Waals surface area contributed by atoms with Crippen LogP contribution in [0.3, 0.4) is 0 Å². The fourth-order valence-corrected chi connectivity index (χ4v) is 0.263. The van der Waals surface area contributed by atoms with Crippen LogP contribution >= 0.6 is 0 Å². The van der Waals surface area contributed by atoms with E-state index in [0.29, 0.717) is 13.1 Å². The first-order chi connectivity index (χ1) is 3.41. The number of carbonyl (C=O) groups excluding carboxylic acids is 1. The average molecular weight is 150 g/mol. The zero-order valence-electron chi connectivity index (χ0n) is 4.68. The smallest absolute Gasteiger partial charge is 0.133 e. The fraction of sp³-hybridized carbons (Fsp3) is 0.750. The Kier molecular flexibility index (Phi) is 14.4. The van der Waals surface area contributed by atoms with Crippen LogP contribution in [0.15, 0.2) is 0 Å². The Balaban J connectivity index is 0. The van der Waals surface area contributed by atoms with Crippen LogP contribution < -0.4 is 11.1 Å². The Hall–Kier alpha value is 0.304. The third kappa shape index (κ3) is 9.57. The van der Waals surface area contributed by atoms with Crippen molar-refractivity contribution in [1.82, 2.24) is 5.32 Å². The van der Waals surface area contributed by atoms with Crippen molar-refractivity contribution in [3.63, 3.8) is 0 Å². The second-order valence-corrected chi connectivity index (χ2v) is 1.16. The van der Waals surface area contributed by atoms with Crippen LogP contribution in [0.1, 0.15) is 0 Å². The molecule has 0 saturated heterocycles. The van der Waals surface area contributed by atoms with Gasteiger partial charge in [-0.15, -0.1) is 0 Å². The molecule has 0 saturated carbocycles. The normalized spacial score (nSPS) is 7.62. The van der Waals surface area contributed by atoms with E-state index >= 15 is 0 Å². The number of hydrogen-bond donors (Lipinski definition) is 2. The van der Waals surface area contributed by atoms with E-state index in [2.05, 4.69) is 5.32 Å². The quantitative estimate of drug-likeness (QED) is 0.298. The van der Waals surface area contributed by atoms with Crippen molar-refractivity contribution >= 4 is 6.29 Å². The number of nitrogens with one attached hydrogen (secondary N) is 1. The van der Waals surface area contributed by atoms with Crippen molar-refractivity contribution in [3.05, 3.63) is 0 Å². The predicted octanol–water partition coefficient (Wildman–Crippen LogP) is -1.27. The summed E-state index contributed by atoms with van der Waals surface area (Å²) in [6, 6.07) is 0. The first-order valence-corrected chi connectivity index (χ1v) is 2.26. The van der Waals surface area contributed by atoms with E-state index in [1.165, 1.54) is 0 Å². The van der Waals surface area contributed by atoms with Crippen molar-refractivity contribution in [2.75, 3.05) is 19.6 Å². The van der Waals surface area contributed by atoms with Crippen molar-refractivity contribution in [3.8, 4) is 0 Å². The zero-order chi connectivity index (χ0) is 5.54. The maximum Gasteiger partial charge on any atom is 0.133 e. The molecule has 3 nitrogen and oxygen atoms in total. The summed E-state index contributed by atoms with van der Waals surface area (Å²) in [5.41, 5.74) is 5.09. The molecule has 0 aromatic carbocycles. The minimum Gasteiger partial charge on any atom is -0.329 e.